The number of rotatable bonds is 2. The topological polar surface area (TPSA) is 56.5 Å². The van der Waals surface area contributed by atoms with E-state index in [2.05, 4.69) is 9.97 Å². The van der Waals surface area contributed by atoms with Gasteiger partial charge in [-0.05, 0) is 26.8 Å². The zero-order chi connectivity index (χ0) is 11.7. The van der Waals surface area contributed by atoms with Crippen molar-refractivity contribution in [1.29, 1.82) is 0 Å². The van der Waals surface area contributed by atoms with E-state index >= 15 is 0 Å². The molecule has 2 rings (SSSR count). The fourth-order valence-corrected chi connectivity index (χ4v) is 1.62. The molecular weight excluding hydrogens is 206 g/mol. The van der Waals surface area contributed by atoms with Gasteiger partial charge in [-0.25, -0.2) is 14.8 Å². The van der Waals surface area contributed by atoms with E-state index in [1.165, 1.54) is 0 Å². The van der Waals surface area contributed by atoms with Gasteiger partial charge < -0.3 is 4.74 Å². The van der Waals surface area contributed by atoms with E-state index in [0.717, 1.165) is 11.4 Å². The number of aryl methyl sites for hydroxylation is 2. The first-order valence-electron chi connectivity index (χ1n) is 5.12. The molecule has 0 aliphatic carbocycles. The third kappa shape index (κ3) is 1.64. The maximum atomic E-state index is 11.6. The molecule has 0 saturated carbocycles. The predicted molar refractivity (Wildman–Crippen MR) is 58.4 cm³/mol. The van der Waals surface area contributed by atoms with E-state index < -0.39 is 5.97 Å². The molecule has 5 nitrogen and oxygen atoms in total. The first-order valence-corrected chi connectivity index (χ1v) is 5.12. The molecule has 0 aromatic carbocycles. The van der Waals surface area contributed by atoms with Gasteiger partial charge >= 0.3 is 5.97 Å². The molecule has 0 bridgehead atoms. The van der Waals surface area contributed by atoms with Gasteiger partial charge in [0.25, 0.3) is 0 Å². The van der Waals surface area contributed by atoms with Crippen LogP contribution in [-0.4, -0.2) is 26.9 Å². The van der Waals surface area contributed by atoms with Crippen LogP contribution in [0.1, 0.15) is 28.8 Å². The molecule has 0 radical (unpaired) electrons. The number of hydrogen-bond donors (Lipinski definition) is 0. The number of fused-ring (bicyclic) bond motifs is 1. The standard InChI is InChI=1S/C11H13N3O2/c1-4-16-11(15)9-10-13-7(2)5-8(3)14(10)6-12-9/h5-6H,4H2,1-3H3. The van der Waals surface area contributed by atoms with Crippen LogP contribution in [-0.2, 0) is 4.74 Å². The Morgan fingerprint density at radius 2 is 2.25 bits per heavy atom. The average Bonchev–Trinajstić information content (AvgIpc) is 2.61. The second kappa shape index (κ2) is 3.92. The first-order chi connectivity index (χ1) is 7.63. The van der Waals surface area contributed by atoms with E-state index in [1.54, 1.807) is 17.7 Å². The normalized spacial score (nSPS) is 10.7. The summed E-state index contributed by atoms with van der Waals surface area (Å²) in [6.07, 6.45) is 1.59. The van der Waals surface area contributed by atoms with Crippen molar-refractivity contribution in [1.82, 2.24) is 14.4 Å². The smallest absolute Gasteiger partial charge is 0.360 e. The Kier molecular flexibility index (Phi) is 2.60. The van der Waals surface area contributed by atoms with E-state index in [1.807, 2.05) is 19.9 Å². The van der Waals surface area contributed by atoms with E-state index in [4.69, 9.17) is 4.74 Å². The van der Waals surface area contributed by atoms with Crippen molar-refractivity contribution >= 4 is 11.6 Å². The highest BCUT2D eigenvalue weighted by Gasteiger charge is 2.16. The van der Waals surface area contributed by atoms with Crippen LogP contribution in [0.4, 0.5) is 0 Å². The molecule has 0 amide bonds. The molecule has 0 N–H and O–H groups in total. The number of nitrogens with zero attached hydrogens (tertiary/aromatic N) is 3. The summed E-state index contributed by atoms with van der Waals surface area (Å²) in [7, 11) is 0. The van der Waals surface area contributed by atoms with Crippen molar-refractivity contribution in [2.24, 2.45) is 0 Å². The maximum absolute atomic E-state index is 11.6. The highest BCUT2D eigenvalue weighted by atomic mass is 16.5. The Bertz CT molecular complexity index is 545. The molecule has 0 atom stereocenters. The fraction of sp³-hybridized carbons (Fsp3) is 0.364. The predicted octanol–water partition coefficient (Wildman–Crippen LogP) is 1.52. The number of imidazole rings is 1. The van der Waals surface area contributed by atoms with Gasteiger partial charge in [-0.3, -0.25) is 4.40 Å². The number of ether oxygens (including phenoxy) is 1. The number of carbonyl (C=O) groups is 1. The number of hydrogen-bond acceptors (Lipinski definition) is 4. The van der Waals surface area contributed by atoms with Gasteiger partial charge in [0.15, 0.2) is 11.3 Å². The van der Waals surface area contributed by atoms with Crippen LogP contribution in [0.2, 0.25) is 0 Å². The van der Waals surface area contributed by atoms with Crippen LogP contribution >= 0.6 is 0 Å². The van der Waals surface area contributed by atoms with Crippen molar-refractivity contribution < 1.29 is 9.53 Å². The number of aromatic nitrogens is 3. The van der Waals surface area contributed by atoms with Crippen LogP contribution in [0.3, 0.4) is 0 Å². The van der Waals surface area contributed by atoms with Crippen molar-refractivity contribution in [2.75, 3.05) is 6.61 Å². The number of esters is 1. The Labute approximate surface area is 93.1 Å². The van der Waals surface area contributed by atoms with Gasteiger partial charge in [0, 0.05) is 11.4 Å². The van der Waals surface area contributed by atoms with Crippen molar-refractivity contribution in [3.8, 4) is 0 Å². The third-order valence-electron chi connectivity index (χ3n) is 2.29. The summed E-state index contributed by atoms with van der Waals surface area (Å²) in [5.41, 5.74) is 2.67. The molecule has 0 spiro atoms. The first kappa shape index (κ1) is 10.6. The van der Waals surface area contributed by atoms with Gasteiger partial charge in [0.2, 0.25) is 0 Å². The van der Waals surface area contributed by atoms with E-state index in [-0.39, 0.29) is 5.69 Å². The average molecular weight is 219 g/mol. The molecule has 2 heterocycles. The fourth-order valence-electron chi connectivity index (χ4n) is 1.62. The minimum absolute atomic E-state index is 0.272. The summed E-state index contributed by atoms with van der Waals surface area (Å²) in [5, 5.41) is 0. The van der Waals surface area contributed by atoms with Crippen LogP contribution in [0.15, 0.2) is 12.4 Å². The molecule has 0 unspecified atom stereocenters. The van der Waals surface area contributed by atoms with Crippen molar-refractivity contribution in [2.45, 2.75) is 20.8 Å². The number of carbonyl (C=O) groups excluding carboxylic acids is 1. The molecular formula is C11H13N3O2. The monoisotopic (exact) mass is 219 g/mol. The van der Waals surface area contributed by atoms with Crippen molar-refractivity contribution in [3.05, 3.63) is 29.5 Å². The largest absolute Gasteiger partial charge is 0.461 e. The van der Waals surface area contributed by atoms with Crippen LogP contribution in [0.25, 0.3) is 5.65 Å². The molecule has 5 heteroatoms. The Morgan fingerprint density at radius 1 is 1.50 bits per heavy atom. The molecule has 0 fully saturated rings. The summed E-state index contributed by atoms with van der Waals surface area (Å²) in [5.74, 6) is -0.428. The van der Waals surface area contributed by atoms with Gasteiger partial charge in [-0.2, -0.15) is 0 Å². The molecule has 84 valence electrons. The second-order valence-corrected chi connectivity index (χ2v) is 3.55. The molecule has 2 aromatic rings. The minimum atomic E-state index is -0.428. The highest BCUT2D eigenvalue weighted by molar-refractivity contribution is 5.93. The zero-order valence-corrected chi connectivity index (χ0v) is 9.52. The van der Waals surface area contributed by atoms with E-state index in [9.17, 15) is 4.79 Å². The SMILES string of the molecule is CCOC(=O)c1ncn2c(C)cc(C)nc12. The highest BCUT2D eigenvalue weighted by Crippen LogP contribution is 2.12. The van der Waals surface area contributed by atoms with Gasteiger partial charge in [-0.15, -0.1) is 0 Å². The summed E-state index contributed by atoms with van der Waals surface area (Å²) in [6.45, 7) is 5.93. The lowest BCUT2D eigenvalue weighted by molar-refractivity contribution is 0.0522. The van der Waals surface area contributed by atoms with Gasteiger partial charge in [-0.1, -0.05) is 0 Å². The molecule has 0 aliphatic heterocycles. The van der Waals surface area contributed by atoms with E-state index in [0.29, 0.717) is 12.3 Å². The van der Waals surface area contributed by atoms with Crippen LogP contribution in [0, 0.1) is 13.8 Å². The van der Waals surface area contributed by atoms with Gasteiger partial charge in [0.1, 0.15) is 6.33 Å². The Hall–Kier alpha value is -1.91. The summed E-state index contributed by atoms with van der Waals surface area (Å²) in [4.78, 5) is 19.9. The maximum Gasteiger partial charge on any atom is 0.360 e. The van der Waals surface area contributed by atoms with Crippen LogP contribution in [0.5, 0.6) is 0 Å². The summed E-state index contributed by atoms with van der Waals surface area (Å²) >= 11 is 0. The Morgan fingerprint density at radius 3 is 2.94 bits per heavy atom. The van der Waals surface area contributed by atoms with Crippen LogP contribution < -0.4 is 0 Å². The third-order valence-corrected chi connectivity index (χ3v) is 2.29. The van der Waals surface area contributed by atoms with Gasteiger partial charge in [0.05, 0.1) is 6.61 Å². The summed E-state index contributed by atoms with van der Waals surface area (Å²) < 4.78 is 6.70. The second-order valence-electron chi connectivity index (χ2n) is 3.55. The zero-order valence-electron chi connectivity index (χ0n) is 9.52. The lowest BCUT2D eigenvalue weighted by Crippen LogP contribution is -2.07. The summed E-state index contributed by atoms with van der Waals surface area (Å²) in [6, 6.07) is 1.93. The lowest BCUT2D eigenvalue weighted by atomic mass is 10.3. The quantitative estimate of drug-likeness (QED) is 0.718. The minimum Gasteiger partial charge on any atom is -0.461 e. The lowest BCUT2D eigenvalue weighted by Gasteiger charge is -2.02. The molecule has 2 aromatic heterocycles. The molecule has 16 heavy (non-hydrogen) atoms. The van der Waals surface area contributed by atoms with Crippen molar-refractivity contribution in [3.63, 3.8) is 0 Å². The Balaban J connectivity index is 2.60. The molecule has 0 saturated heterocycles. The molecule has 0 aliphatic rings.